The molecule has 0 unspecified atom stereocenters. The maximum Gasteiger partial charge on any atom is 0.317 e. The van der Waals surface area contributed by atoms with Crippen LogP contribution in [0.5, 0.6) is 0 Å². The van der Waals surface area contributed by atoms with Gasteiger partial charge in [0.05, 0.1) is 13.2 Å². The molecule has 3 aliphatic rings. The molecule has 1 aromatic rings. The van der Waals surface area contributed by atoms with Crippen LogP contribution in [0.4, 0.5) is 4.79 Å². The Balaban J connectivity index is 1.40. The van der Waals surface area contributed by atoms with E-state index in [9.17, 15) is 9.59 Å². The number of benzene rings is 1. The molecular weight excluding hydrogens is 370 g/mol. The lowest BCUT2D eigenvalue weighted by molar-refractivity contribution is -0.181. The molecule has 0 aliphatic carbocycles. The average Bonchev–Trinajstić information content (AvgIpc) is 3.22. The van der Waals surface area contributed by atoms with Crippen molar-refractivity contribution in [2.75, 3.05) is 45.9 Å². The van der Waals surface area contributed by atoms with Gasteiger partial charge in [-0.3, -0.25) is 4.79 Å². The fourth-order valence-electron chi connectivity index (χ4n) is 4.64. The number of amides is 3. The second kappa shape index (κ2) is 8.71. The molecule has 3 fully saturated rings. The first-order chi connectivity index (χ1) is 14.1. The lowest BCUT2D eigenvalue weighted by Crippen LogP contribution is -2.47. The van der Waals surface area contributed by atoms with Crippen molar-refractivity contribution in [3.05, 3.63) is 35.4 Å². The van der Waals surface area contributed by atoms with Crippen LogP contribution < -0.4 is 5.32 Å². The van der Waals surface area contributed by atoms with Crippen LogP contribution in [0.25, 0.3) is 0 Å². The predicted octanol–water partition coefficient (Wildman–Crippen LogP) is 2.57. The van der Waals surface area contributed by atoms with Gasteiger partial charge in [-0.1, -0.05) is 12.1 Å². The molecule has 1 aromatic carbocycles. The molecule has 3 amide bonds. The van der Waals surface area contributed by atoms with Crippen molar-refractivity contribution in [2.24, 2.45) is 0 Å². The van der Waals surface area contributed by atoms with Crippen LogP contribution >= 0.6 is 0 Å². The molecule has 0 radical (unpaired) electrons. The number of hydrogen-bond acceptors (Lipinski definition) is 4. The number of nitrogens with zero attached hydrogens (tertiary/aromatic N) is 2. The van der Waals surface area contributed by atoms with Crippen molar-refractivity contribution in [1.29, 1.82) is 0 Å². The zero-order valence-electron chi connectivity index (χ0n) is 17.2. The van der Waals surface area contributed by atoms with Gasteiger partial charge < -0.3 is 24.6 Å². The summed E-state index contributed by atoms with van der Waals surface area (Å²) in [7, 11) is 0. The molecule has 1 N–H and O–H groups in total. The quantitative estimate of drug-likeness (QED) is 0.845. The Morgan fingerprint density at radius 3 is 2.62 bits per heavy atom. The Bertz CT molecular complexity index is 737. The number of ether oxygens (including phenoxy) is 2. The van der Waals surface area contributed by atoms with E-state index in [2.05, 4.69) is 11.4 Å². The first kappa shape index (κ1) is 20.2. The van der Waals surface area contributed by atoms with Gasteiger partial charge in [0, 0.05) is 57.0 Å². The molecule has 3 saturated heterocycles. The number of hydrogen-bond donors (Lipinski definition) is 1. The Morgan fingerprint density at radius 1 is 1.14 bits per heavy atom. The Kier molecular flexibility index (Phi) is 6.06. The second-order valence-corrected chi connectivity index (χ2v) is 8.15. The summed E-state index contributed by atoms with van der Waals surface area (Å²) in [5.41, 5.74) is 1.86. The van der Waals surface area contributed by atoms with Crippen LogP contribution in [0.2, 0.25) is 0 Å². The van der Waals surface area contributed by atoms with Crippen molar-refractivity contribution >= 4 is 11.9 Å². The Hall–Kier alpha value is -2.12. The highest BCUT2D eigenvalue weighted by Crippen LogP contribution is 2.32. The minimum Gasteiger partial charge on any atom is -0.347 e. The molecule has 3 heterocycles. The first-order valence-electron chi connectivity index (χ1n) is 10.8. The van der Waals surface area contributed by atoms with Crippen LogP contribution in [-0.2, 0) is 9.47 Å². The zero-order chi connectivity index (χ0) is 20.3. The van der Waals surface area contributed by atoms with Gasteiger partial charge in [-0.25, -0.2) is 4.79 Å². The highest BCUT2D eigenvalue weighted by atomic mass is 16.7. The van der Waals surface area contributed by atoms with Crippen molar-refractivity contribution in [3.63, 3.8) is 0 Å². The number of carbonyl (C=O) groups excluding carboxylic acids is 2. The van der Waals surface area contributed by atoms with Crippen LogP contribution in [0.3, 0.4) is 0 Å². The van der Waals surface area contributed by atoms with Gasteiger partial charge in [0.25, 0.3) is 5.91 Å². The summed E-state index contributed by atoms with van der Waals surface area (Å²) in [5.74, 6) is -0.136. The van der Waals surface area contributed by atoms with Gasteiger partial charge in [0.15, 0.2) is 5.79 Å². The van der Waals surface area contributed by atoms with Crippen LogP contribution in [0, 0.1) is 0 Å². The Labute approximate surface area is 172 Å². The lowest BCUT2D eigenvalue weighted by Gasteiger charge is -2.37. The number of nitrogens with one attached hydrogen (secondary N) is 1. The zero-order valence-corrected chi connectivity index (χ0v) is 17.2. The number of urea groups is 1. The maximum atomic E-state index is 13.1. The van der Waals surface area contributed by atoms with Gasteiger partial charge in [-0.15, -0.1) is 0 Å². The molecule has 4 rings (SSSR count). The molecule has 29 heavy (non-hydrogen) atoms. The minimum absolute atomic E-state index is 0.00280. The third kappa shape index (κ3) is 4.41. The molecule has 158 valence electrons. The third-order valence-corrected chi connectivity index (χ3v) is 6.27. The highest BCUT2D eigenvalue weighted by Gasteiger charge is 2.40. The van der Waals surface area contributed by atoms with Crippen LogP contribution in [0.15, 0.2) is 24.3 Å². The molecule has 0 aromatic heterocycles. The third-order valence-electron chi connectivity index (χ3n) is 6.27. The maximum absolute atomic E-state index is 13.1. The fraction of sp³-hybridized carbons (Fsp3) is 0.636. The summed E-state index contributed by atoms with van der Waals surface area (Å²) in [5, 5.41) is 2.89. The van der Waals surface area contributed by atoms with Gasteiger partial charge in [0.2, 0.25) is 0 Å². The summed E-state index contributed by atoms with van der Waals surface area (Å²) in [6, 6.07) is 7.95. The standard InChI is InChI=1S/C22H31N3O4/c1-2-23-21(27)25-10-4-7-19(16-25)17-5-3-6-18(15-17)20(26)24-11-8-22(9-12-24)28-13-14-29-22/h3,5-6,15,19H,2,4,7-14,16H2,1H3,(H,23,27)/t19-/m1/s1. The van der Waals surface area contributed by atoms with Crippen LogP contribution in [0.1, 0.15) is 54.4 Å². The normalized spacial score (nSPS) is 24.0. The summed E-state index contributed by atoms with van der Waals surface area (Å²) in [4.78, 5) is 29.0. The van der Waals surface area contributed by atoms with Gasteiger partial charge in [-0.05, 0) is 37.5 Å². The number of piperidine rings is 2. The smallest absolute Gasteiger partial charge is 0.317 e. The van der Waals surface area contributed by atoms with Crippen molar-refractivity contribution in [2.45, 2.75) is 44.3 Å². The molecule has 7 heteroatoms. The molecule has 3 aliphatic heterocycles. The Morgan fingerprint density at radius 2 is 1.90 bits per heavy atom. The average molecular weight is 402 g/mol. The summed E-state index contributed by atoms with van der Waals surface area (Å²) < 4.78 is 11.5. The van der Waals surface area contributed by atoms with E-state index in [1.807, 2.05) is 34.9 Å². The SMILES string of the molecule is CCNC(=O)N1CCC[C@@H](c2cccc(C(=O)N3CCC4(CC3)OCCO4)c2)C1. The van der Waals surface area contributed by atoms with Gasteiger partial charge >= 0.3 is 6.03 Å². The summed E-state index contributed by atoms with van der Waals surface area (Å²) in [6.07, 6.45) is 3.47. The van der Waals surface area contributed by atoms with E-state index < -0.39 is 5.79 Å². The van der Waals surface area contributed by atoms with E-state index in [1.165, 1.54) is 0 Å². The van der Waals surface area contributed by atoms with Crippen LogP contribution in [-0.4, -0.2) is 73.5 Å². The molecular formula is C22H31N3O4. The van der Waals surface area contributed by atoms with E-state index in [-0.39, 0.29) is 17.9 Å². The van der Waals surface area contributed by atoms with E-state index >= 15 is 0 Å². The number of rotatable bonds is 3. The second-order valence-electron chi connectivity index (χ2n) is 8.15. The highest BCUT2D eigenvalue weighted by molar-refractivity contribution is 5.94. The van der Waals surface area contributed by atoms with Gasteiger partial charge in [-0.2, -0.15) is 0 Å². The van der Waals surface area contributed by atoms with E-state index in [0.29, 0.717) is 39.4 Å². The molecule has 0 bridgehead atoms. The molecule has 7 nitrogen and oxygen atoms in total. The summed E-state index contributed by atoms with van der Waals surface area (Å²) >= 11 is 0. The van der Waals surface area contributed by atoms with E-state index in [0.717, 1.165) is 43.4 Å². The fourth-order valence-corrected chi connectivity index (χ4v) is 4.64. The first-order valence-corrected chi connectivity index (χ1v) is 10.8. The topological polar surface area (TPSA) is 71.1 Å². The predicted molar refractivity (Wildman–Crippen MR) is 109 cm³/mol. The van der Waals surface area contributed by atoms with Gasteiger partial charge in [0.1, 0.15) is 0 Å². The number of carbonyl (C=O) groups is 2. The van der Waals surface area contributed by atoms with Crippen molar-refractivity contribution in [3.8, 4) is 0 Å². The number of likely N-dealkylation sites (tertiary alicyclic amines) is 2. The van der Waals surface area contributed by atoms with E-state index in [1.54, 1.807) is 0 Å². The van der Waals surface area contributed by atoms with E-state index in [4.69, 9.17) is 9.47 Å². The summed E-state index contributed by atoms with van der Waals surface area (Å²) in [6.45, 7) is 6.65. The molecule has 1 atom stereocenters. The monoisotopic (exact) mass is 401 g/mol. The minimum atomic E-state index is -0.469. The molecule has 1 spiro atoms. The molecule has 0 saturated carbocycles. The largest absolute Gasteiger partial charge is 0.347 e. The lowest BCUT2D eigenvalue weighted by atomic mass is 9.89. The van der Waals surface area contributed by atoms with Crippen molar-refractivity contribution < 1.29 is 19.1 Å². The van der Waals surface area contributed by atoms with Crippen molar-refractivity contribution in [1.82, 2.24) is 15.1 Å².